The average Bonchev–Trinajstić information content (AvgIpc) is 3.03. The summed E-state index contributed by atoms with van der Waals surface area (Å²) < 4.78 is 34.9. The molecule has 3 aromatic rings. The zero-order valence-electron chi connectivity index (χ0n) is 14.7. The molecule has 5 nitrogen and oxygen atoms in total. The Balaban J connectivity index is 1.80. The van der Waals surface area contributed by atoms with Gasteiger partial charge in [0.15, 0.2) is 0 Å². The van der Waals surface area contributed by atoms with Crippen molar-refractivity contribution in [2.24, 2.45) is 0 Å². The molecule has 0 saturated carbocycles. The Morgan fingerprint density at radius 2 is 1.92 bits per heavy atom. The molecule has 1 heterocycles. The number of nitrogens with zero attached hydrogens (tertiary/aromatic N) is 3. The average molecular weight is 359 g/mol. The van der Waals surface area contributed by atoms with E-state index >= 15 is 0 Å². The van der Waals surface area contributed by atoms with Crippen LogP contribution in [0.2, 0.25) is 0 Å². The molecule has 0 radical (unpaired) electrons. The third kappa shape index (κ3) is 3.99. The molecule has 0 aliphatic heterocycles. The van der Waals surface area contributed by atoms with Gasteiger partial charge < -0.3 is 14.2 Å². The van der Waals surface area contributed by atoms with Crippen molar-refractivity contribution in [1.29, 1.82) is 0 Å². The Labute approximate surface area is 150 Å². The van der Waals surface area contributed by atoms with E-state index in [4.69, 9.17) is 4.52 Å². The van der Waals surface area contributed by atoms with Gasteiger partial charge in [0.05, 0.1) is 12.1 Å². The minimum absolute atomic E-state index is 0.0117. The number of hydrogen-bond donors (Lipinski definition) is 0. The normalized spacial score (nSPS) is 11.0. The fourth-order valence-corrected chi connectivity index (χ4v) is 2.80. The minimum Gasteiger partial charge on any atom is -0.434 e. The molecule has 0 aliphatic rings. The molecule has 0 atom stereocenters. The summed E-state index contributed by atoms with van der Waals surface area (Å²) in [6.45, 7) is 1.56. The Kier molecular flexibility index (Phi) is 5.16. The maximum Gasteiger partial charge on any atom is 0.387 e. The quantitative estimate of drug-likeness (QED) is 0.644. The first kappa shape index (κ1) is 17.8. The van der Waals surface area contributed by atoms with Crippen LogP contribution in [0, 0.1) is 13.8 Å². The summed E-state index contributed by atoms with van der Waals surface area (Å²) >= 11 is 0. The van der Waals surface area contributed by atoms with E-state index in [1.54, 1.807) is 18.2 Å². The van der Waals surface area contributed by atoms with Crippen LogP contribution in [0.3, 0.4) is 0 Å². The lowest BCUT2D eigenvalue weighted by Crippen LogP contribution is -2.17. The number of benzene rings is 2. The molecule has 0 fully saturated rings. The van der Waals surface area contributed by atoms with E-state index in [0.29, 0.717) is 18.0 Å². The van der Waals surface area contributed by atoms with Crippen molar-refractivity contribution in [2.75, 3.05) is 11.9 Å². The van der Waals surface area contributed by atoms with Gasteiger partial charge in [-0.2, -0.15) is 13.8 Å². The molecule has 0 amide bonds. The van der Waals surface area contributed by atoms with Gasteiger partial charge in [0, 0.05) is 12.7 Å². The van der Waals surface area contributed by atoms with Crippen molar-refractivity contribution in [3.8, 4) is 17.1 Å². The van der Waals surface area contributed by atoms with E-state index in [1.807, 2.05) is 37.9 Å². The van der Waals surface area contributed by atoms with Crippen LogP contribution in [0.4, 0.5) is 14.5 Å². The Morgan fingerprint density at radius 3 is 2.65 bits per heavy atom. The van der Waals surface area contributed by atoms with Crippen molar-refractivity contribution >= 4 is 5.69 Å². The first-order valence-corrected chi connectivity index (χ1v) is 8.09. The third-order valence-electron chi connectivity index (χ3n) is 3.95. The Bertz CT molecular complexity index is 896. The van der Waals surface area contributed by atoms with E-state index < -0.39 is 6.61 Å². The summed E-state index contributed by atoms with van der Waals surface area (Å²) in [4.78, 5) is 6.31. The highest BCUT2D eigenvalue weighted by Gasteiger charge is 2.17. The molecule has 0 bridgehead atoms. The summed E-state index contributed by atoms with van der Waals surface area (Å²) in [6, 6.07) is 12.5. The second-order valence-electron chi connectivity index (χ2n) is 6.03. The number of ether oxygens (including phenoxy) is 1. The van der Waals surface area contributed by atoms with Crippen LogP contribution in [-0.4, -0.2) is 23.8 Å². The standard InChI is InChI=1S/C19H19F2N3O2/c1-12-8-9-15(13(2)10-12)24(3)11-17-22-18(23-26-17)14-6-4-5-7-16(14)25-19(20)21/h4-10,19H,11H2,1-3H3. The molecular weight excluding hydrogens is 340 g/mol. The lowest BCUT2D eigenvalue weighted by atomic mass is 10.1. The van der Waals surface area contributed by atoms with Crippen LogP contribution in [0.1, 0.15) is 17.0 Å². The maximum atomic E-state index is 12.6. The molecule has 1 aromatic heterocycles. The SMILES string of the molecule is Cc1ccc(N(C)Cc2nc(-c3ccccc3OC(F)F)no2)c(C)c1. The smallest absolute Gasteiger partial charge is 0.387 e. The van der Waals surface area contributed by atoms with Crippen molar-refractivity contribution in [3.63, 3.8) is 0 Å². The van der Waals surface area contributed by atoms with Crippen molar-refractivity contribution in [3.05, 3.63) is 59.5 Å². The molecule has 0 unspecified atom stereocenters. The van der Waals surface area contributed by atoms with Gasteiger partial charge in [-0.05, 0) is 37.6 Å². The van der Waals surface area contributed by atoms with Gasteiger partial charge in [-0.1, -0.05) is 35.0 Å². The molecule has 7 heteroatoms. The van der Waals surface area contributed by atoms with Gasteiger partial charge in [0.25, 0.3) is 0 Å². The lowest BCUT2D eigenvalue weighted by Gasteiger charge is -2.19. The first-order chi connectivity index (χ1) is 12.4. The summed E-state index contributed by atoms with van der Waals surface area (Å²) in [5, 5.41) is 3.90. The van der Waals surface area contributed by atoms with Gasteiger partial charge in [-0.25, -0.2) is 0 Å². The summed E-state index contributed by atoms with van der Waals surface area (Å²) in [6.07, 6.45) is 0. The highest BCUT2D eigenvalue weighted by molar-refractivity contribution is 5.63. The maximum absolute atomic E-state index is 12.6. The topological polar surface area (TPSA) is 51.4 Å². The van der Waals surface area contributed by atoms with Crippen LogP contribution in [0.15, 0.2) is 47.0 Å². The summed E-state index contributed by atoms with van der Waals surface area (Å²) in [5.74, 6) is 0.609. The highest BCUT2D eigenvalue weighted by Crippen LogP contribution is 2.29. The number of aromatic nitrogens is 2. The molecule has 0 spiro atoms. The van der Waals surface area contributed by atoms with E-state index in [-0.39, 0.29) is 11.6 Å². The van der Waals surface area contributed by atoms with Gasteiger partial charge in [0.2, 0.25) is 11.7 Å². The third-order valence-corrected chi connectivity index (χ3v) is 3.95. The van der Waals surface area contributed by atoms with Gasteiger partial charge in [-0.15, -0.1) is 0 Å². The van der Waals surface area contributed by atoms with E-state index in [0.717, 1.165) is 11.3 Å². The predicted octanol–water partition coefficient (Wildman–Crippen LogP) is 4.59. The van der Waals surface area contributed by atoms with Crippen molar-refractivity contribution in [2.45, 2.75) is 27.0 Å². The van der Waals surface area contributed by atoms with Gasteiger partial charge in [-0.3, -0.25) is 0 Å². The summed E-state index contributed by atoms with van der Waals surface area (Å²) in [5.41, 5.74) is 3.74. The Hall–Kier alpha value is -2.96. The van der Waals surface area contributed by atoms with Crippen LogP contribution in [-0.2, 0) is 6.54 Å². The molecular formula is C19H19F2N3O2. The molecule has 0 aliphatic carbocycles. The van der Waals surface area contributed by atoms with Gasteiger partial charge in [0.1, 0.15) is 5.75 Å². The molecule has 2 aromatic carbocycles. The molecule has 0 saturated heterocycles. The summed E-state index contributed by atoms with van der Waals surface area (Å²) in [7, 11) is 1.93. The van der Waals surface area contributed by atoms with Crippen LogP contribution in [0.5, 0.6) is 5.75 Å². The van der Waals surface area contributed by atoms with Crippen LogP contribution in [0.25, 0.3) is 11.4 Å². The number of halogens is 2. The van der Waals surface area contributed by atoms with E-state index in [1.165, 1.54) is 11.6 Å². The fraction of sp³-hybridized carbons (Fsp3) is 0.263. The number of alkyl halides is 2. The number of rotatable bonds is 6. The molecule has 3 rings (SSSR count). The number of anilines is 1. The molecule has 0 N–H and O–H groups in total. The van der Waals surface area contributed by atoms with Crippen molar-refractivity contribution in [1.82, 2.24) is 10.1 Å². The number of aryl methyl sites for hydroxylation is 2. The second kappa shape index (κ2) is 7.51. The van der Waals surface area contributed by atoms with Crippen LogP contribution >= 0.6 is 0 Å². The molecule has 26 heavy (non-hydrogen) atoms. The minimum atomic E-state index is -2.92. The highest BCUT2D eigenvalue weighted by atomic mass is 19.3. The zero-order valence-corrected chi connectivity index (χ0v) is 14.7. The zero-order chi connectivity index (χ0) is 18.7. The second-order valence-corrected chi connectivity index (χ2v) is 6.03. The van der Waals surface area contributed by atoms with E-state index in [2.05, 4.69) is 20.9 Å². The van der Waals surface area contributed by atoms with Crippen LogP contribution < -0.4 is 9.64 Å². The number of para-hydroxylation sites is 1. The monoisotopic (exact) mass is 359 g/mol. The Morgan fingerprint density at radius 1 is 1.15 bits per heavy atom. The predicted molar refractivity (Wildman–Crippen MR) is 94.4 cm³/mol. The van der Waals surface area contributed by atoms with E-state index in [9.17, 15) is 8.78 Å². The lowest BCUT2D eigenvalue weighted by molar-refractivity contribution is -0.0494. The largest absolute Gasteiger partial charge is 0.434 e. The van der Waals surface area contributed by atoms with Crippen molar-refractivity contribution < 1.29 is 18.0 Å². The fourth-order valence-electron chi connectivity index (χ4n) is 2.80. The molecule has 136 valence electrons. The number of hydrogen-bond acceptors (Lipinski definition) is 5. The first-order valence-electron chi connectivity index (χ1n) is 8.09. The van der Waals surface area contributed by atoms with Gasteiger partial charge >= 0.3 is 6.61 Å².